The average Bonchev–Trinajstić information content (AvgIpc) is 2.23. The molecule has 1 aromatic carbocycles. The fourth-order valence-electron chi connectivity index (χ4n) is 1.08. The summed E-state index contributed by atoms with van der Waals surface area (Å²) in [6.45, 7) is 0. The number of halogens is 2. The lowest BCUT2D eigenvalue weighted by molar-refractivity contribution is 0.594. The number of sulfonamides is 1. The molecule has 3 nitrogen and oxygen atoms in total. The van der Waals surface area contributed by atoms with Crippen LogP contribution >= 0.6 is 11.6 Å². The first-order valence-electron chi connectivity index (χ1n) is 3.31. The van der Waals surface area contributed by atoms with Gasteiger partial charge in [-0.3, -0.25) is 0 Å². The molecule has 0 radical (unpaired) electrons. The number of benzene rings is 1. The number of hydrogen-bond donors (Lipinski definition) is 0. The van der Waals surface area contributed by atoms with Gasteiger partial charge in [-0.15, -0.1) is 4.40 Å². The van der Waals surface area contributed by atoms with E-state index in [0.717, 1.165) is 12.1 Å². The highest BCUT2D eigenvalue weighted by Gasteiger charge is 2.27. The summed E-state index contributed by atoms with van der Waals surface area (Å²) in [7, 11) is -3.76. The van der Waals surface area contributed by atoms with Crippen LogP contribution < -0.4 is 0 Å². The van der Waals surface area contributed by atoms with Gasteiger partial charge in [-0.25, -0.2) is 4.39 Å². The maximum atomic E-state index is 12.7. The van der Waals surface area contributed by atoms with Gasteiger partial charge in [0.2, 0.25) is 0 Å². The highest BCUT2D eigenvalue weighted by Crippen LogP contribution is 2.28. The summed E-state index contributed by atoms with van der Waals surface area (Å²) in [6, 6.07) is 3.34. The molecule has 0 saturated carbocycles. The summed E-state index contributed by atoms with van der Waals surface area (Å²) in [6.07, 6.45) is 0. The third kappa shape index (κ3) is 1.24. The molecule has 0 N–H and O–H groups in total. The van der Waals surface area contributed by atoms with E-state index in [4.69, 9.17) is 11.6 Å². The van der Waals surface area contributed by atoms with Gasteiger partial charge in [0.15, 0.2) is 5.17 Å². The molecule has 0 unspecified atom stereocenters. The number of rotatable bonds is 0. The number of hydrogen-bond acceptors (Lipinski definition) is 2. The highest BCUT2D eigenvalue weighted by atomic mass is 35.5. The molecular formula is C7H3ClFNO2S. The summed E-state index contributed by atoms with van der Waals surface area (Å²) in [5.41, 5.74) is 0.253. The van der Waals surface area contributed by atoms with Crippen LogP contribution in [0.25, 0.3) is 0 Å². The van der Waals surface area contributed by atoms with Crippen LogP contribution in [0.2, 0.25) is 0 Å². The minimum Gasteiger partial charge on any atom is -0.207 e. The Balaban J connectivity index is 2.83. The topological polar surface area (TPSA) is 46.5 Å². The van der Waals surface area contributed by atoms with Crippen molar-refractivity contribution in [2.75, 3.05) is 0 Å². The molecule has 0 aromatic heterocycles. The minimum atomic E-state index is -3.76. The normalized spacial score (nSPS) is 18.2. The summed E-state index contributed by atoms with van der Waals surface area (Å²) in [5, 5.41) is -0.116. The number of nitrogens with zero attached hydrogens (tertiary/aromatic N) is 1. The Kier molecular flexibility index (Phi) is 1.68. The van der Waals surface area contributed by atoms with Crippen molar-refractivity contribution in [2.24, 2.45) is 4.40 Å². The molecule has 1 aliphatic heterocycles. The smallest absolute Gasteiger partial charge is 0.207 e. The molecule has 68 valence electrons. The van der Waals surface area contributed by atoms with E-state index in [2.05, 4.69) is 4.40 Å². The van der Waals surface area contributed by atoms with E-state index in [1.807, 2.05) is 0 Å². The van der Waals surface area contributed by atoms with Crippen molar-refractivity contribution >= 4 is 26.8 Å². The van der Waals surface area contributed by atoms with Crippen molar-refractivity contribution in [3.05, 3.63) is 29.6 Å². The van der Waals surface area contributed by atoms with Crippen molar-refractivity contribution in [3.8, 4) is 0 Å². The van der Waals surface area contributed by atoms with Crippen LogP contribution in [-0.2, 0) is 10.0 Å². The predicted octanol–water partition coefficient (Wildman–Crippen LogP) is 1.51. The molecule has 1 heterocycles. The fraction of sp³-hybridized carbons (Fsp3) is 0. The van der Waals surface area contributed by atoms with Gasteiger partial charge in [-0.1, -0.05) is 11.6 Å². The van der Waals surface area contributed by atoms with E-state index in [1.165, 1.54) is 6.07 Å². The lowest BCUT2D eigenvalue weighted by Crippen LogP contribution is -1.94. The van der Waals surface area contributed by atoms with Crippen LogP contribution in [0.5, 0.6) is 0 Å². The quantitative estimate of drug-likeness (QED) is 0.664. The number of fused-ring (bicyclic) bond motifs is 1. The van der Waals surface area contributed by atoms with Crippen molar-refractivity contribution in [2.45, 2.75) is 4.90 Å². The predicted molar refractivity (Wildman–Crippen MR) is 46.0 cm³/mol. The molecule has 1 aromatic rings. The van der Waals surface area contributed by atoms with Gasteiger partial charge >= 0.3 is 0 Å². The van der Waals surface area contributed by atoms with Crippen LogP contribution in [0.4, 0.5) is 4.39 Å². The first-order chi connectivity index (χ1) is 6.00. The van der Waals surface area contributed by atoms with Crippen LogP contribution in [0.15, 0.2) is 27.5 Å². The van der Waals surface area contributed by atoms with Gasteiger partial charge in [-0.2, -0.15) is 8.42 Å². The van der Waals surface area contributed by atoms with Gasteiger partial charge in [-0.05, 0) is 18.2 Å². The third-order valence-electron chi connectivity index (χ3n) is 1.64. The van der Waals surface area contributed by atoms with Gasteiger partial charge in [0.1, 0.15) is 10.7 Å². The zero-order valence-electron chi connectivity index (χ0n) is 6.16. The van der Waals surface area contributed by atoms with E-state index in [-0.39, 0.29) is 15.6 Å². The molecule has 0 atom stereocenters. The molecule has 0 spiro atoms. The Morgan fingerprint density at radius 3 is 2.77 bits per heavy atom. The van der Waals surface area contributed by atoms with Gasteiger partial charge in [0.25, 0.3) is 10.0 Å². The molecule has 1 aliphatic rings. The zero-order valence-corrected chi connectivity index (χ0v) is 7.73. The van der Waals surface area contributed by atoms with Gasteiger partial charge in [0.05, 0.1) is 0 Å². The molecule has 0 saturated heterocycles. The van der Waals surface area contributed by atoms with E-state index in [1.54, 1.807) is 0 Å². The minimum absolute atomic E-state index is 0.116. The fourth-order valence-corrected chi connectivity index (χ4v) is 2.69. The second kappa shape index (κ2) is 2.52. The summed E-state index contributed by atoms with van der Waals surface area (Å²) < 4.78 is 38.2. The second-order valence-corrected chi connectivity index (χ2v) is 4.43. The van der Waals surface area contributed by atoms with E-state index in [9.17, 15) is 12.8 Å². The van der Waals surface area contributed by atoms with Gasteiger partial charge < -0.3 is 0 Å². The molecule has 0 fully saturated rings. The molecule has 0 bridgehead atoms. The lowest BCUT2D eigenvalue weighted by atomic mass is 10.2. The Morgan fingerprint density at radius 1 is 1.38 bits per heavy atom. The van der Waals surface area contributed by atoms with E-state index >= 15 is 0 Å². The Morgan fingerprint density at radius 2 is 2.08 bits per heavy atom. The van der Waals surface area contributed by atoms with Crippen molar-refractivity contribution in [1.29, 1.82) is 0 Å². The zero-order chi connectivity index (χ0) is 9.64. The molecule has 13 heavy (non-hydrogen) atoms. The first kappa shape index (κ1) is 8.65. The molecule has 6 heteroatoms. The Bertz CT molecular complexity index is 509. The largest absolute Gasteiger partial charge is 0.284 e. The Labute approximate surface area is 78.9 Å². The second-order valence-electron chi connectivity index (χ2n) is 2.50. The molecule has 0 amide bonds. The monoisotopic (exact) mass is 219 g/mol. The third-order valence-corrected chi connectivity index (χ3v) is 3.35. The lowest BCUT2D eigenvalue weighted by Gasteiger charge is -1.95. The first-order valence-corrected chi connectivity index (χ1v) is 5.13. The van der Waals surface area contributed by atoms with Crippen LogP contribution in [0.1, 0.15) is 5.56 Å². The van der Waals surface area contributed by atoms with Crippen LogP contribution in [0, 0.1) is 5.82 Å². The maximum absolute atomic E-state index is 12.7. The van der Waals surface area contributed by atoms with Crippen LogP contribution in [-0.4, -0.2) is 13.6 Å². The standard InChI is InChI=1S/C7H3ClFNO2S/c8-7-5-2-1-4(9)3-6(5)13(11,12)10-7/h1-3H. The highest BCUT2D eigenvalue weighted by molar-refractivity contribution is 7.91. The van der Waals surface area contributed by atoms with E-state index in [0.29, 0.717) is 0 Å². The van der Waals surface area contributed by atoms with Crippen molar-refractivity contribution in [1.82, 2.24) is 0 Å². The summed E-state index contributed by atoms with van der Waals surface area (Å²) in [4.78, 5) is -0.169. The average molecular weight is 220 g/mol. The molecule has 0 aliphatic carbocycles. The summed E-state index contributed by atoms with van der Waals surface area (Å²) >= 11 is 5.53. The molecular weight excluding hydrogens is 217 g/mol. The van der Waals surface area contributed by atoms with E-state index < -0.39 is 15.8 Å². The van der Waals surface area contributed by atoms with Crippen LogP contribution in [0.3, 0.4) is 0 Å². The van der Waals surface area contributed by atoms with Crippen molar-refractivity contribution < 1.29 is 12.8 Å². The molecule has 2 rings (SSSR count). The maximum Gasteiger partial charge on any atom is 0.284 e. The van der Waals surface area contributed by atoms with Crippen molar-refractivity contribution in [3.63, 3.8) is 0 Å². The SMILES string of the molecule is O=S1(=O)N=C(Cl)c2ccc(F)cc21. The van der Waals surface area contributed by atoms with Gasteiger partial charge in [0, 0.05) is 5.56 Å². The Hall–Kier alpha value is -0.940. The summed E-state index contributed by atoms with van der Waals surface area (Å²) in [5.74, 6) is -0.621.